The molecule has 0 aliphatic heterocycles. The molecule has 4 N–H and O–H groups in total. The van der Waals surface area contributed by atoms with E-state index in [1.807, 2.05) is 36.4 Å². The van der Waals surface area contributed by atoms with Crippen molar-refractivity contribution in [3.8, 4) is 5.75 Å². The Morgan fingerprint density at radius 2 is 1.40 bits per heavy atom. The number of hydrogen-bond acceptors (Lipinski definition) is 8. The molecule has 0 saturated carbocycles. The van der Waals surface area contributed by atoms with Crippen molar-refractivity contribution in [1.82, 2.24) is 10.6 Å². The minimum Gasteiger partial charge on any atom is -0.497 e. The highest BCUT2D eigenvalue weighted by molar-refractivity contribution is 8.15. The lowest BCUT2D eigenvalue weighted by Crippen LogP contribution is -2.46. The van der Waals surface area contributed by atoms with E-state index < -0.39 is 40.8 Å². The van der Waals surface area contributed by atoms with E-state index in [0.717, 1.165) is 45.6 Å². The second kappa shape index (κ2) is 13.1. The van der Waals surface area contributed by atoms with Gasteiger partial charge in [0.2, 0.25) is 22.8 Å². The average molecular weight is 520 g/mol. The summed E-state index contributed by atoms with van der Waals surface area (Å²) in [5.74, 6) is -1.40. The number of hydrogen-bond donors (Lipinski definition) is 3. The molecule has 11 heteroatoms. The van der Waals surface area contributed by atoms with E-state index >= 15 is 0 Å². The molecular weight excluding hydrogens is 490 g/mol. The van der Waals surface area contributed by atoms with Crippen molar-refractivity contribution < 1.29 is 28.7 Å². The number of carbonyl (C=O) groups excluding carboxylic acids is 5. The summed E-state index contributed by atoms with van der Waals surface area (Å²) in [5.41, 5.74) is 6.09. The van der Waals surface area contributed by atoms with Crippen LogP contribution >= 0.6 is 23.5 Å². The first-order chi connectivity index (χ1) is 16.5. The van der Waals surface area contributed by atoms with Gasteiger partial charge in [-0.3, -0.25) is 24.0 Å². The summed E-state index contributed by atoms with van der Waals surface area (Å²) in [5, 5.41) is 6.29. The fraction of sp³-hybridized carbons (Fsp3) is 0.375. The Kier molecular flexibility index (Phi) is 10.6. The largest absolute Gasteiger partial charge is 0.497 e. The maximum Gasteiger partial charge on any atom is 0.240 e. The summed E-state index contributed by atoms with van der Waals surface area (Å²) >= 11 is 1.71. The van der Waals surface area contributed by atoms with Crippen molar-refractivity contribution in [3.63, 3.8) is 0 Å². The van der Waals surface area contributed by atoms with Gasteiger partial charge in [-0.15, -0.1) is 0 Å². The van der Waals surface area contributed by atoms with Gasteiger partial charge in [0, 0.05) is 25.4 Å². The lowest BCUT2D eigenvalue weighted by Gasteiger charge is -2.19. The summed E-state index contributed by atoms with van der Waals surface area (Å²) in [4.78, 5) is 59.9. The molecule has 2 rings (SSSR count). The van der Waals surface area contributed by atoms with Crippen LogP contribution in [-0.4, -0.2) is 58.7 Å². The van der Waals surface area contributed by atoms with E-state index in [1.54, 1.807) is 14.0 Å². The second-order valence-electron chi connectivity index (χ2n) is 7.86. The van der Waals surface area contributed by atoms with Gasteiger partial charge in [0.1, 0.15) is 17.8 Å². The smallest absolute Gasteiger partial charge is 0.240 e. The minimum atomic E-state index is -1.03. The molecule has 0 fully saturated rings. The SMILES string of the molecule is COc1ccc2cc([C@@H](C)C(=O)SCC(NC(C)=O)C(=O)SCC(NC(C)=O)C(N)=O)ccc2c1. The van der Waals surface area contributed by atoms with E-state index in [-0.39, 0.29) is 16.6 Å². The Labute approximate surface area is 212 Å². The van der Waals surface area contributed by atoms with Crippen molar-refractivity contribution in [2.45, 2.75) is 38.8 Å². The molecule has 0 saturated heterocycles. The van der Waals surface area contributed by atoms with Gasteiger partial charge in [-0.05, 0) is 28.5 Å². The maximum atomic E-state index is 12.9. The Balaban J connectivity index is 2.03. The molecule has 0 radical (unpaired) electrons. The number of nitrogens with two attached hydrogens (primary N) is 1. The van der Waals surface area contributed by atoms with Crippen LogP contribution in [0.4, 0.5) is 0 Å². The topological polar surface area (TPSA) is 145 Å². The van der Waals surface area contributed by atoms with E-state index in [9.17, 15) is 24.0 Å². The Morgan fingerprint density at radius 1 is 0.857 bits per heavy atom. The average Bonchev–Trinajstić information content (AvgIpc) is 2.81. The molecular formula is C24H29N3O6S2. The summed E-state index contributed by atoms with van der Waals surface area (Å²) in [6, 6.07) is 9.45. The number of ether oxygens (including phenoxy) is 1. The van der Waals surface area contributed by atoms with Crippen molar-refractivity contribution in [1.29, 1.82) is 0 Å². The highest BCUT2D eigenvalue weighted by atomic mass is 32.2. The van der Waals surface area contributed by atoms with Crippen LogP contribution in [0.1, 0.15) is 32.3 Å². The minimum absolute atomic E-state index is 0.0285. The van der Waals surface area contributed by atoms with E-state index in [0.29, 0.717) is 0 Å². The summed E-state index contributed by atoms with van der Waals surface area (Å²) < 4.78 is 5.24. The number of rotatable bonds is 11. The van der Waals surface area contributed by atoms with Gasteiger partial charge in [-0.2, -0.15) is 0 Å². The van der Waals surface area contributed by atoms with Gasteiger partial charge < -0.3 is 21.1 Å². The fourth-order valence-electron chi connectivity index (χ4n) is 3.19. The van der Waals surface area contributed by atoms with Crippen LogP contribution in [0.5, 0.6) is 5.75 Å². The molecule has 35 heavy (non-hydrogen) atoms. The summed E-state index contributed by atoms with van der Waals surface area (Å²) in [6.07, 6.45) is 0. The van der Waals surface area contributed by atoms with E-state index in [4.69, 9.17) is 10.5 Å². The predicted octanol–water partition coefficient (Wildman–Crippen LogP) is 1.97. The van der Waals surface area contributed by atoms with Crippen LogP contribution in [-0.2, 0) is 24.0 Å². The molecule has 3 amide bonds. The molecule has 0 bridgehead atoms. The zero-order chi connectivity index (χ0) is 26.1. The number of thioether (sulfide) groups is 2. The Morgan fingerprint density at radius 3 is 2.00 bits per heavy atom. The van der Waals surface area contributed by atoms with Crippen LogP contribution in [0.3, 0.4) is 0 Å². The van der Waals surface area contributed by atoms with Crippen LogP contribution < -0.4 is 21.1 Å². The highest BCUT2D eigenvalue weighted by Gasteiger charge is 2.26. The molecule has 0 heterocycles. The van der Waals surface area contributed by atoms with Gasteiger partial charge in [0.05, 0.1) is 13.0 Å². The number of amides is 3. The third-order valence-corrected chi connectivity index (χ3v) is 7.30. The van der Waals surface area contributed by atoms with Crippen LogP contribution in [0.2, 0.25) is 0 Å². The molecule has 9 nitrogen and oxygen atoms in total. The third-order valence-electron chi connectivity index (χ3n) is 5.09. The molecule has 2 aromatic carbocycles. The van der Waals surface area contributed by atoms with Crippen molar-refractivity contribution in [3.05, 3.63) is 42.0 Å². The first-order valence-electron chi connectivity index (χ1n) is 10.8. The van der Waals surface area contributed by atoms with Gasteiger partial charge in [-0.25, -0.2) is 0 Å². The standard InChI is InChI=1S/C24H29N3O6S2/c1-13(16-5-6-18-10-19(33-4)8-7-17(18)9-16)23(31)34-12-21(27-15(3)29)24(32)35-11-20(22(25)30)26-14(2)28/h5-10,13,20-21H,11-12H2,1-4H3,(H2,25,30)(H,26,28)(H,27,29)/t13-,20?,21?/m1/s1. The van der Waals surface area contributed by atoms with Crippen LogP contribution in [0.15, 0.2) is 36.4 Å². The third kappa shape index (κ3) is 8.59. The Bertz CT molecular complexity index is 1120. The molecule has 0 aliphatic carbocycles. The summed E-state index contributed by atoms with van der Waals surface area (Å²) in [6.45, 7) is 4.29. The Hall–Kier alpha value is -3.05. The zero-order valence-corrected chi connectivity index (χ0v) is 21.6. The molecule has 188 valence electrons. The van der Waals surface area contributed by atoms with Crippen LogP contribution in [0, 0.1) is 0 Å². The highest BCUT2D eigenvalue weighted by Crippen LogP contribution is 2.28. The lowest BCUT2D eigenvalue weighted by molar-refractivity contribution is -0.125. The molecule has 0 spiro atoms. The molecule has 2 unspecified atom stereocenters. The van der Waals surface area contributed by atoms with E-state index in [1.165, 1.54) is 13.8 Å². The summed E-state index contributed by atoms with van der Waals surface area (Å²) in [7, 11) is 1.60. The fourth-order valence-corrected chi connectivity index (χ4v) is 5.16. The molecule has 3 atom stereocenters. The van der Waals surface area contributed by atoms with Gasteiger partial charge >= 0.3 is 0 Å². The molecule has 0 aliphatic rings. The lowest BCUT2D eigenvalue weighted by atomic mass is 9.99. The van der Waals surface area contributed by atoms with Crippen LogP contribution in [0.25, 0.3) is 10.8 Å². The number of methoxy groups -OCH3 is 1. The molecule has 0 aromatic heterocycles. The number of nitrogens with one attached hydrogen (secondary N) is 2. The van der Waals surface area contributed by atoms with Gasteiger partial charge in [0.25, 0.3) is 0 Å². The first-order valence-corrected chi connectivity index (χ1v) is 12.7. The monoisotopic (exact) mass is 519 g/mol. The van der Waals surface area contributed by atoms with Crippen molar-refractivity contribution >= 4 is 62.2 Å². The number of primary amides is 1. The number of fused-ring (bicyclic) bond motifs is 1. The normalized spacial score (nSPS) is 13.4. The number of benzene rings is 2. The number of carbonyl (C=O) groups is 5. The van der Waals surface area contributed by atoms with E-state index in [2.05, 4.69) is 10.6 Å². The quantitative estimate of drug-likeness (QED) is 0.409. The predicted molar refractivity (Wildman–Crippen MR) is 138 cm³/mol. The van der Waals surface area contributed by atoms with Crippen molar-refractivity contribution in [2.24, 2.45) is 5.73 Å². The second-order valence-corrected chi connectivity index (χ2v) is 9.91. The van der Waals surface area contributed by atoms with Gasteiger partial charge in [0.15, 0.2) is 5.12 Å². The maximum absolute atomic E-state index is 12.9. The van der Waals surface area contributed by atoms with Crippen molar-refractivity contribution in [2.75, 3.05) is 18.6 Å². The first kappa shape index (κ1) is 28.2. The molecule has 2 aromatic rings. The van der Waals surface area contributed by atoms with Gasteiger partial charge in [-0.1, -0.05) is 54.7 Å². The zero-order valence-electron chi connectivity index (χ0n) is 20.0.